The Balaban J connectivity index is 1.39. The Bertz CT molecular complexity index is 2430. The predicted molar refractivity (Wildman–Crippen MR) is 176 cm³/mol. The van der Waals surface area contributed by atoms with E-state index in [2.05, 4.69) is 149 Å². The number of benzene rings is 6. The van der Waals surface area contributed by atoms with E-state index in [1.54, 1.807) is 0 Å². The van der Waals surface area contributed by atoms with Crippen LogP contribution < -0.4 is 0 Å². The monoisotopic (exact) mass is 535 g/mol. The molecule has 0 amide bonds. The van der Waals surface area contributed by atoms with Gasteiger partial charge in [-0.1, -0.05) is 97.1 Å². The molecule has 3 heterocycles. The minimum atomic E-state index is 0.971. The Morgan fingerprint density at radius 1 is 0.405 bits per heavy atom. The highest BCUT2D eigenvalue weighted by Gasteiger charge is 2.18. The van der Waals surface area contributed by atoms with Crippen LogP contribution >= 0.6 is 0 Å². The van der Waals surface area contributed by atoms with Gasteiger partial charge in [0.15, 0.2) is 0 Å². The van der Waals surface area contributed by atoms with E-state index in [1.165, 1.54) is 54.4 Å². The molecule has 0 bridgehead atoms. The van der Waals surface area contributed by atoms with Gasteiger partial charge in [0.1, 0.15) is 0 Å². The number of aromatic nitrogens is 3. The average Bonchev–Trinajstić information content (AvgIpc) is 3.57. The fourth-order valence-electron chi connectivity index (χ4n) is 6.67. The number of pyridine rings is 1. The zero-order chi connectivity index (χ0) is 27.6. The lowest BCUT2D eigenvalue weighted by Gasteiger charge is -2.12. The number of fused-ring (bicyclic) bond motifs is 8. The summed E-state index contributed by atoms with van der Waals surface area (Å²) in [5, 5.41) is 7.46. The molecule has 3 nitrogen and oxygen atoms in total. The van der Waals surface area contributed by atoms with E-state index in [-0.39, 0.29) is 0 Å². The molecular weight excluding hydrogens is 510 g/mol. The normalized spacial score (nSPS) is 11.8. The third kappa shape index (κ3) is 3.31. The van der Waals surface area contributed by atoms with Gasteiger partial charge in [-0.2, -0.15) is 0 Å². The highest BCUT2D eigenvalue weighted by atomic mass is 15.0. The third-order valence-corrected chi connectivity index (χ3v) is 8.53. The largest absolute Gasteiger partial charge is 0.309 e. The van der Waals surface area contributed by atoms with Crippen molar-refractivity contribution in [1.29, 1.82) is 0 Å². The van der Waals surface area contributed by atoms with Crippen LogP contribution in [0.4, 0.5) is 0 Å². The van der Waals surface area contributed by atoms with Crippen molar-refractivity contribution in [3.05, 3.63) is 152 Å². The summed E-state index contributed by atoms with van der Waals surface area (Å²) in [6, 6.07) is 52.1. The smallest absolute Gasteiger partial charge is 0.0703 e. The van der Waals surface area contributed by atoms with Crippen molar-refractivity contribution < 1.29 is 0 Å². The summed E-state index contributed by atoms with van der Waals surface area (Å²) in [7, 11) is 0. The van der Waals surface area contributed by atoms with Crippen LogP contribution in [-0.4, -0.2) is 14.1 Å². The van der Waals surface area contributed by atoms with Gasteiger partial charge >= 0.3 is 0 Å². The molecule has 0 atom stereocenters. The molecule has 0 aliphatic carbocycles. The first-order valence-electron chi connectivity index (χ1n) is 14.3. The molecule has 196 valence electrons. The molecule has 6 aromatic carbocycles. The summed E-state index contributed by atoms with van der Waals surface area (Å²) in [6.45, 7) is 0. The number of para-hydroxylation sites is 3. The van der Waals surface area contributed by atoms with Crippen LogP contribution in [0.15, 0.2) is 152 Å². The molecule has 9 rings (SSSR count). The molecule has 0 saturated carbocycles. The molecule has 3 heteroatoms. The van der Waals surface area contributed by atoms with Crippen molar-refractivity contribution in [2.75, 3.05) is 0 Å². The lowest BCUT2D eigenvalue weighted by Crippen LogP contribution is -1.97. The number of hydrogen-bond donors (Lipinski definition) is 0. The summed E-state index contributed by atoms with van der Waals surface area (Å²) in [5.41, 5.74) is 9.11. The van der Waals surface area contributed by atoms with Crippen LogP contribution in [-0.2, 0) is 0 Å². The van der Waals surface area contributed by atoms with Gasteiger partial charge in [0, 0.05) is 38.2 Å². The van der Waals surface area contributed by atoms with Crippen LogP contribution in [0.1, 0.15) is 0 Å². The Kier molecular flexibility index (Phi) is 4.90. The lowest BCUT2D eigenvalue weighted by molar-refractivity contribution is 1.15. The van der Waals surface area contributed by atoms with Crippen molar-refractivity contribution in [2.24, 2.45) is 0 Å². The molecule has 9 aromatic rings. The van der Waals surface area contributed by atoms with Gasteiger partial charge in [-0.3, -0.25) is 4.98 Å². The first-order chi connectivity index (χ1) is 20.8. The molecule has 0 fully saturated rings. The maximum absolute atomic E-state index is 4.91. The Morgan fingerprint density at radius 2 is 1.07 bits per heavy atom. The van der Waals surface area contributed by atoms with Gasteiger partial charge in [0.05, 0.1) is 39.6 Å². The molecular formula is C39H25N3. The maximum Gasteiger partial charge on any atom is 0.0703 e. The molecule has 42 heavy (non-hydrogen) atoms. The molecule has 3 aromatic heterocycles. The van der Waals surface area contributed by atoms with Crippen LogP contribution in [0, 0.1) is 0 Å². The second kappa shape index (κ2) is 8.92. The second-order valence-corrected chi connectivity index (χ2v) is 10.9. The van der Waals surface area contributed by atoms with Gasteiger partial charge in [-0.15, -0.1) is 0 Å². The van der Waals surface area contributed by atoms with Crippen LogP contribution in [0.3, 0.4) is 0 Å². The maximum atomic E-state index is 4.91. The van der Waals surface area contributed by atoms with Gasteiger partial charge in [-0.05, 0) is 53.9 Å². The van der Waals surface area contributed by atoms with E-state index >= 15 is 0 Å². The third-order valence-electron chi connectivity index (χ3n) is 8.53. The quantitative estimate of drug-likeness (QED) is 0.221. The van der Waals surface area contributed by atoms with Crippen LogP contribution in [0.25, 0.3) is 77.0 Å². The van der Waals surface area contributed by atoms with E-state index in [0.717, 1.165) is 22.6 Å². The molecule has 0 aliphatic heterocycles. The first-order valence-corrected chi connectivity index (χ1v) is 14.3. The fourth-order valence-corrected chi connectivity index (χ4v) is 6.67. The standard InChI is InChI=1S/C39H25N3/c1-3-11-26(12-4-1)35-22-20-29(25-40-35)42-37-18-10-7-15-30(37)32-21-19-27-23-34-31-16-8-9-17-36(31)41(28-13-5-2-6-14-28)38(34)24-33(27)39(32)42/h1-25H. The van der Waals surface area contributed by atoms with Crippen LogP contribution in [0.5, 0.6) is 0 Å². The van der Waals surface area contributed by atoms with Crippen molar-refractivity contribution >= 4 is 54.4 Å². The molecule has 0 spiro atoms. The number of hydrogen-bond acceptors (Lipinski definition) is 1. The summed E-state index contributed by atoms with van der Waals surface area (Å²) in [6.07, 6.45) is 2.01. The topological polar surface area (TPSA) is 22.8 Å². The minimum Gasteiger partial charge on any atom is -0.309 e. The highest BCUT2D eigenvalue weighted by molar-refractivity contribution is 6.22. The lowest BCUT2D eigenvalue weighted by atomic mass is 10.0. The first kappa shape index (κ1) is 23.1. The fraction of sp³-hybridized carbons (Fsp3) is 0. The van der Waals surface area contributed by atoms with Gasteiger partial charge in [-0.25, -0.2) is 0 Å². The van der Waals surface area contributed by atoms with Crippen molar-refractivity contribution in [3.63, 3.8) is 0 Å². The number of rotatable bonds is 3. The van der Waals surface area contributed by atoms with E-state index in [4.69, 9.17) is 4.98 Å². The Labute approximate surface area is 242 Å². The van der Waals surface area contributed by atoms with E-state index in [0.29, 0.717) is 0 Å². The van der Waals surface area contributed by atoms with Crippen molar-refractivity contribution in [2.45, 2.75) is 0 Å². The summed E-state index contributed by atoms with van der Waals surface area (Å²) < 4.78 is 4.78. The summed E-state index contributed by atoms with van der Waals surface area (Å²) in [5.74, 6) is 0. The van der Waals surface area contributed by atoms with Crippen molar-refractivity contribution in [3.8, 4) is 22.6 Å². The molecule has 0 aliphatic rings. The number of nitrogens with zero attached hydrogens (tertiary/aromatic N) is 3. The zero-order valence-corrected chi connectivity index (χ0v) is 22.8. The van der Waals surface area contributed by atoms with E-state index in [1.807, 2.05) is 12.3 Å². The SMILES string of the molecule is c1ccc(-c2ccc(-n3c4ccccc4c4ccc5cc6c7ccccc7n(-c7ccccc7)c6cc5c43)cn2)cc1. The van der Waals surface area contributed by atoms with Gasteiger partial charge < -0.3 is 9.13 Å². The highest BCUT2D eigenvalue weighted by Crippen LogP contribution is 2.40. The summed E-state index contributed by atoms with van der Waals surface area (Å²) >= 11 is 0. The van der Waals surface area contributed by atoms with Crippen molar-refractivity contribution in [1.82, 2.24) is 14.1 Å². The van der Waals surface area contributed by atoms with E-state index < -0.39 is 0 Å². The second-order valence-electron chi connectivity index (χ2n) is 10.9. The van der Waals surface area contributed by atoms with Gasteiger partial charge in [0.2, 0.25) is 0 Å². The molecule has 0 saturated heterocycles. The van der Waals surface area contributed by atoms with Gasteiger partial charge in [0.25, 0.3) is 0 Å². The Morgan fingerprint density at radius 3 is 1.81 bits per heavy atom. The molecule has 0 radical (unpaired) electrons. The van der Waals surface area contributed by atoms with Crippen LogP contribution in [0.2, 0.25) is 0 Å². The van der Waals surface area contributed by atoms with E-state index in [9.17, 15) is 0 Å². The molecule has 0 N–H and O–H groups in total. The zero-order valence-electron chi connectivity index (χ0n) is 22.8. The minimum absolute atomic E-state index is 0.971. The Hall–Kier alpha value is -5.67. The summed E-state index contributed by atoms with van der Waals surface area (Å²) in [4.78, 5) is 4.91. The average molecular weight is 536 g/mol. The predicted octanol–water partition coefficient (Wildman–Crippen LogP) is 10.1. The molecule has 0 unspecified atom stereocenters.